The van der Waals surface area contributed by atoms with Gasteiger partial charge in [0.05, 0.1) is 0 Å². The zero-order chi connectivity index (χ0) is 16.7. The minimum atomic E-state index is -1.05. The number of carboxylic acid groups (broad SMARTS) is 1. The molecule has 0 aliphatic rings. The van der Waals surface area contributed by atoms with Crippen LogP contribution in [-0.2, 0) is 16.0 Å². The monoisotopic (exact) mass is 309 g/mol. The van der Waals surface area contributed by atoms with Crippen LogP contribution in [-0.4, -0.2) is 23.0 Å². The fourth-order valence-corrected chi connectivity index (χ4v) is 2.12. The van der Waals surface area contributed by atoms with Crippen molar-refractivity contribution in [3.63, 3.8) is 0 Å². The summed E-state index contributed by atoms with van der Waals surface area (Å²) in [6.45, 7) is 1.97. The second-order valence-corrected chi connectivity index (χ2v) is 5.33. The Bertz CT molecular complexity index is 690. The normalized spacial score (nSPS) is 12.0. The molecule has 2 aromatic carbocycles. The van der Waals surface area contributed by atoms with Crippen LogP contribution >= 0.6 is 0 Å². The Kier molecular flexibility index (Phi) is 5.69. The molecular formula is C19H19NO3. The van der Waals surface area contributed by atoms with Crippen molar-refractivity contribution in [1.29, 1.82) is 0 Å². The lowest BCUT2D eigenvalue weighted by atomic mass is 10.0. The van der Waals surface area contributed by atoms with E-state index in [1.807, 2.05) is 61.5 Å². The standard InChI is InChI=1S/C19H19NO3/c1-14-7-9-16(10-8-14)13-17(19(22)23)20-18(21)12-11-15-5-3-2-4-6-15/h2-12,17H,13H2,1H3,(H,20,21)(H,22,23)/b12-11+. The molecule has 0 aliphatic heterocycles. The van der Waals surface area contributed by atoms with Gasteiger partial charge in [0.15, 0.2) is 0 Å². The second-order valence-electron chi connectivity index (χ2n) is 5.33. The molecule has 0 spiro atoms. The largest absolute Gasteiger partial charge is 0.480 e. The molecule has 1 unspecified atom stereocenters. The molecular weight excluding hydrogens is 290 g/mol. The Balaban J connectivity index is 1.98. The number of carbonyl (C=O) groups is 2. The Morgan fingerprint density at radius 1 is 1.09 bits per heavy atom. The molecule has 4 nitrogen and oxygen atoms in total. The maximum absolute atomic E-state index is 11.9. The van der Waals surface area contributed by atoms with Crippen molar-refractivity contribution in [2.45, 2.75) is 19.4 Å². The third-order valence-electron chi connectivity index (χ3n) is 3.40. The van der Waals surface area contributed by atoms with Gasteiger partial charge >= 0.3 is 5.97 Å². The summed E-state index contributed by atoms with van der Waals surface area (Å²) in [5.74, 6) is -1.47. The third-order valence-corrected chi connectivity index (χ3v) is 3.40. The minimum Gasteiger partial charge on any atom is -0.480 e. The van der Waals surface area contributed by atoms with E-state index in [1.165, 1.54) is 6.08 Å². The number of amides is 1. The van der Waals surface area contributed by atoms with E-state index in [2.05, 4.69) is 5.32 Å². The SMILES string of the molecule is Cc1ccc(CC(NC(=O)/C=C/c2ccccc2)C(=O)O)cc1. The van der Waals surface area contributed by atoms with Gasteiger partial charge in [-0.2, -0.15) is 0 Å². The molecule has 0 saturated carbocycles. The summed E-state index contributed by atoms with van der Waals surface area (Å²) >= 11 is 0. The third kappa shape index (κ3) is 5.43. The first kappa shape index (κ1) is 16.5. The highest BCUT2D eigenvalue weighted by atomic mass is 16.4. The van der Waals surface area contributed by atoms with Crippen LogP contribution in [0.3, 0.4) is 0 Å². The van der Waals surface area contributed by atoms with Crippen molar-refractivity contribution < 1.29 is 14.7 Å². The van der Waals surface area contributed by atoms with Gasteiger partial charge in [0.1, 0.15) is 6.04 Å². The molecule has 4 heteroatoms. The van der Waals surface area contributed by atoms with Crippen LogP contribution in [0.1, 0.15) is 16.7 Å². The lowest BCUT2D eigenvalue weighted by Gasteiger charge is -2.13. The Morgan fingerprint density at radius 2 is 1.74 bits per heavy atom. The van der Waals surface area contributed by atoms with Gasteiger partial charge in [-0.15, -0.1) is 0 Å². The van der Waals surface area contributed by atoms with Crippen LogP contribution in [0.5, 0.6) is 0 Å². The van der Waals surface area contributed by atoms with Crippen molar-refractivity contribution in [3.8, 4) is 0 Å². The predicted molar refractivity (Wildman–Crippen MR) is 89.9 cm³/mol. The molecule has 1 amide bonds. The molecule has 0 heterocycles. The Morgan fingerprint density at radius 3 is 2.35 bits per heavy atom. The van der Waals surface area contributed by atoms with Gasteiger partial charge in [-0.05, 0) is 24.1 Å². The van der Waals surface area contributed by atoms with Crippen LogP contribution < -0.4 is 5.32 Å². The van der Waals surface area contributed by atoms with Crippen molar-refractivity contribution in [2.75, 3.05) is 0 Å². The van der Waals surface area contributed by atoms with Crippen LogP contribution in [0.4, 0.5) is 0 Å². The van der Waals surface area contributed by atoms with Gasteiger partial charge < -0.3 is 10.4 Å². The van der Waals surface area contributed by atoms with Crippen molar-refractivity contribution in [3.05, 3.63) is 77.4 Å². The minimum absolute atomic E-state index is 0.251. The fraction of sp³-hybridized carbons (Fsp3) is 0.158. The number of carboxylic acids is 1. The number of rotatable bonds is 6. The highest BCUT2D eigenvalue weighted by Crippen LogP contribution is 2.07. The molecule has 0 fully saturated rings. The topological polar surface area (TPSA) is 66.4 Å². The summed E-state index contributed by atoms with van der Waals surface area (Å²) in [6.07, 6.45) is 3.25. The number of aryl methyl sites for hydroxylation is 1. The number of hydrogen-bond acceptors (Lipinski definition) is 2. The Labute approximate surface area is 135 Å². The molecule has 0 aromatic heterocycles. The number of carbonyl (C=O) groups excluding carboxylic acids is 1. The summed E-state index contributed by atoms with van der Waals surface area (Å²) in [4.78, 5) is 23.3. The Hall–Kier alpha value is -2.88. The lowest BCUT2D eigenvalue weighted by molar-refractivity contribution is -0.141. The molecule has 23 heavy (non-hydrogen) atoms. The number of nitrogens with one attached hydrogen (secondary N) is 1. The number of hydrogen-bond donors (Lipinski definition) is 2. The summed E-state index contributed by atoms with van der Waals surface area (Å²) in [5.41, 5.74) is 2.86. The molecule has 2 aromatic rings. The second kappa shape index (κ2) is 7.94. The van der Waals surface area contributed by atoms with E-state index in [1.54, 1.807) is 6.08 Å². The molecule has 118 valence electrons. The molecule has 0 aliphatic carbocycles. The summed E-state index contributed by atoms with van der Waals surface area (Å²) in [5, 5.41) is 11.8. The van der Waals surface area contributed by atoms with E-state index in [9.17, 15) is 14.7 Å². The van der Waals surface area contributed by atoms with E-state index in [-0.39, 0.29) is 6.42 Å². The molecule has 0 saturated heterocycles. The fourth-order valence-electron chi connectivity index (χ4n) is 2.12. The maximum atomic E-state index is 11.9. The van der Waals surface area contributed by atoms with Crippen molar-refractivity contribution in [2.24, 2.45) is 0 Å². The van der Waals surface area contributed by atoms with E-state index in [4.69, 9.17) is 0 Å². The van der Waals surface area contributed by atoms with E-state index in [0.29, 0.717) is 0 Å². The summed E-state index contributed by atoms with van der Waals surface area (Å²) in [7, 11) is 0. The first-order valence-electron chi connectivity index (χ1n) is 7.36. The summed E-state index contributed by atoms with van der Waals surface area (Å²) < 4.78 is 0. The van der Waals surface area contributed by atoms with Gasteiger partial charge in [0.2, 0.25) is 5.91 Å². The molecule has 0 radical (unpaired) electrons. The van der Waals surface area contributed by atoms with Gasteiger partial charge in [-0.25, -0.2) is 4.79 Å². The van der Waals surface area contributed by atoms with Crippen LogP contribution in [0, 0.1) is 6.92 Å². The van der Waals surface area contributed by atoms with Crippen LogP contribution in [0.2, 0.25) is 0 Å². The first-order valence-corrected chi connectivity index (χ1v) is 7.36. The predicted octanol–water partition coefficient (Wildman–Crippen LogP) is 2.82. The molecule has 2 N–H and O–H groups in total. The maximum Gasteiger partial charge on any atom is 0.326 e. The average molecular weight is 309 g/mol. The number of benzene rings is 2. The quantitative estimate of drug-likeness (QED) is 0.806. The van der Waals surface area contributed by atoms with Crippen molar-refractivity contribution in [1.82, 2.24) is 5.32 Å². The summed E-state index contributed by atoms with van der Waals surface area (Å²) in [6, 6.07) is 16.0. The van der Waals surface area contributed by atoms with E-state index < -0.39 is 17.9 Å². The number of aliphatic carboxylic acids is 1. The molecule has 1 atom stereocenters. The van der Waals surface area contributed by atoms with Crippen LogP contribution in [0.25, 0.3) is 6.08 Å². The van der Waals surface area contributed by atoms with Gasteiger partial charge in [0.25, 0.3) is 0 Å². The highest BCUT2D eigenvalue weighted by molar-refractivity contribution is 5.94. The zero-order valence-electron chi connectivity index (χ0n) is 12.9. The lowest BCUT2D eigenvalue weighted by Crippen LogP contribution is -2.41. The van der Waals surface area contributed by atoms with Crippen molar-refractivity contribution >= 4 is 18.0 Å². The average Bonchev–Trinajstić information content (AvgIpc) is 2.55. The highest BCUT2D eigenvalue weighted by Gasteiger charge is 2.19. The molecule has 0 bridgehead atoms. The van der Waals surface area contributed by atoms with E-state index in [0.717, 1.165) is 16.7 Å². The van der Waals surface area contributed by atoms with Crippen LogP contribution in [0.15, 0.2) is 60.7 Å². The zero-order valence-corrected chi connectivity index (χ0v) is 12.9. The van der Waals surface area contributed by atoms with E-state index >= 15 is 0 Å². The molecule has 2 rings (SSSR count). The van der Waals surface area contributed by atoms with Gasteiger partial charge in [-0.3, -0.25) is 4.79 Å². The smallest absolute Gasteiger partial charge is 0.326 e. The first-order chi connectivity index (χ1) is 11.0. The van der Waals surface area contributed by atoms with Gasteiger partial charge in [-0.1, -0.05) is 60.2 Å². The van der Waals surface area contributed by atoms with Gasteiger partial charge in [0, 0.05) is 12.5 Å².